The molecule has 0 amide bonds. The van der Waals surface area contributed by atoms with E-state index in [1.165, 1.54) is 31.3 Å². The monoisotopic (exact) mass is 231 g/mol. The van der Waals surface area contributed by atoms with E-state index in [9.17, 15) is 18.5 Å². The second-order valence-electron chi connectivity index (χ2n) is 2.61. The second-order valence-corrected chi connectivity index (χ2v) is 4.23. The molecule has 8 heteroatoms. The number of hydrogen-bond acceptors (Lipinski definition) is 4. The molecule has 15 heavy (non-hydrogen) atoms. The number of nitrogens with zero attached hydrogens (tertiary/aromatic N) is 1. The Hall–Kier alpha value is -1.67. The van der Waals surface area contributed by atoms with Gasteiger partial charge in [0.05, 0.1) is 10.6 Å². The number of benzene rings is 1. The Morgan fingerprint density at radius 2 is 1.80 bits per heavy atom. The predicted octanol–water partition coefficient (Wildman–Crippen LogP) is 0.471. The van der Waals surface area contributed by atoms with Crippen molar-refractivity contribution in [1.29, 1.82) is 0 Å². The van der Waals surface area contributed by atoms with Gasteiger partial charge in [-0.05, 0) is 12.1 Å². The Bertz CT molecular complexity index is 454. The van der Waals surface area contributed by atoms with Gasteiger partial charge in [0.2, 0.25) is 0 Å². The van der Waals surface area contributed by atoms with Crippen molar-refractivity contribution in [2.24, 2.45) is 0 Å². The Balaban J connectivity index is 2.86. The molecule has 0 bridgehead atoms. The zero-order valence-corrected chi connectivity index (χ0v) is 8.61. The Morgan fingerprint density at radius 3 is 2.20 bits per heavy atom. The van der Waals surface area contributed by atoms with Crippen LogP contribution in [0, 0.1) is 10.1 Å². The van der Waals surface area contributed by atoms with Crippen LogP contribution in [0.3, 0.4) is 0 Å². The van der Waals surface area contributed by atoms with Crippen LogP contribution in [0.2, 0.25) is 0 Å². The van der Waals surface area contributed by atoms with Gasteiger partial charge in [0, 0.05) is 19.2 Å². The van der Waals surface area contributed by atoms with Gasteiger partial charge in [0.25, 0.3) is 15.9 Å². The molecule has 0 aliphatic rings. The largest absolute Gasteiger partial charge is 0.298 e. The minimum absolute atomic E-state index is 0.0950. The number of anilines is 1. The normalized spacial score (nSPS) is 11.0. The minimum Gasteiger partial charge on any atom is -0.271 e. The van der Waals surface area contributed by atoms with E-state index in [-0.39, 0.29) is 11.4 Å². The Morgan fingerprint density at radius 1 is 1.27 bits per heavy atom. The molecular formula is C7H9N3O4S. The molecule has 0 aromatic heterocycles. The SMILES string of the molecule is CNS(=O)(=O)Nc1ccc([N+](=O)[O-])cc1. The molecule has 0 saturated heterocycles. The van der Waals surface area contributed by atoms with E-state index in [1.807, 2.05) is 0 Å². The van der Waals surface area contributed by atoms with Gasteiger partial charge in [-0.15, -0.1) is 0 Å². The summed E-state index contributed by atoms with van der Waals surface area (Å²) in [6, 6.07) is 5.06. The highest BCUT2D eigenvalue weighted by Gasteiger charge is 2.08. The number of non-ortho nitro benzene ring substituents is 1. The Kier molecular flexibility index (Phi) is 3.22. The van der Waals surface area contributed by atoms with E-state index in [0.29, 0.717) is 0 Å². The van der Waals surface area contributed by atoms with Gasteiger partial charge in [0.15, 0.2) is 0 Å². The maximum Gasteiger partial charge on any atom is 0.298 e. The highest BCUT2D eigenvalue weighted by atomic mass is 32.2. The van der Waals surface area contributed by atoms with Crippen LogP contribution in [0.15, 0.2) is 24.3 Å². The summed E-state index contributed by atoms with van der Waals surface area (Å²) in [5, 5.41) is 10.3. The van der Waals surface area contributed by atoms with Crippen molar-refractivity contribution in [3.8, 4) is 0 Å². The first kappa shape index (κ1) is 11.4. The first-order valence-electron chi connectivity index (χ1n) is 3.90. The summed E-state index contributed by atoms with van der Waals surface area (Å²) < 4.78 is 26.3. The lowest BCUT2D eigenvalue weighted by Gasteiger charge is -2.05. The van der Waals surface area contributed by atoms with Crippen LogP contribution >= 0.6 is 0 Å². The smallest absolute Gasteiger partial charge is 0.271 e. The number of hydrogen-bond donors (Lipinski definition) is 2. The molecule has 0 saturated carbocycles. The minimum atomic E-state index is -3.58. The van der Waals surface area contributed by atoms with Crippen LogP contribution in [0.4, 0.5) is 11.4 Å². The summed E-state index contributed by atoms with van der Waals surface area (Å²) in [6.07, 6.45) is 0. The third-order valence-corrected chi connectivity index (χ3v) is 2.64. The molecule has 1 rings (SSSR count). The van der Waals surface area contributed by atoms with Crippen LogP contribution in [0.1, 0.15) is 0 Å². The van der Waals surface area contributed by atoms with Crippen molar-refractivity contribution in [3.63, 3.8) is 0 Å². The fourth-order valence-electron chi connectivity index (χ4n) is 0.857. The summed E-state index contributed by atoms with van der Waals surface area (Å²) in [7, 11) is -2.32. The van der Waals surface area contributed by atoms with Crippen molar-refractivity contribution < 1.29 is 13.3 Å². The zero-order valence-electron chi connectivity index (χ0n) is 7.80. The molecule has 1 aromatic rings. The van der Waals surface area contributed by atoms with Gasteiger partial charge in [-0.3, -0.25) is 14.8 Å². The molecular weight excluding hydrogens is 222 g/mol. The van der Waals surface area contributed by atoms with Crippen molar-refractivity contribution in [2.75, 3.05) is 11.8 Å². The first-order chi connectivity index (χ1) is 6.94. The fraction of sp³-hybridized carbons (Fsp3) is 0.143. The van der Waals surface area contributed by atoms with Gasteiger partial charge >= 0.3 is 0 Å². The van der Waals surface area contributed by atoms with Gasteiger partial charge in [-0.2, -0.15) is 8.42 Å². The molecule has 7 nitrogen and oxygen atoms in total. The lowest BCUT2D eigenvalue weighted by Crippen LogP contribution is -2.26. The highest BCUT2D eigenvalue weighted by molar-refractivity contribution is 7.90. The fourth-order valence-corrected chi connectivity index (χ4v) is 1.41. The third kappa shape index (κ3) is 3.18. The quantitative estimate of drug-likeness (QED) is 0.580. The van der Waals surface area contributed by atoms with Crippen LogP contribution in [-0.2, 0) is 10.2 Å². The zero-order chi connectivity index (χ0) is 11.5. The average molecular weight is 231 g/mol. The topological polar surface area (TPSA) is 101 Å². The number of nitrogens with one attached hydrogen (secondary N) is 2. The van der Waals surface area contributed by atoms with E-state index in [0.717, 1.165) is 0 Å². The van der Waals surface area contributed by atoms with Gasteiger partial charge in [0.1, 0.15) is 0 Å². The van der Waals surface area contributed by atoms with E-state index < -0.39 is 15.1 Å². The molecule has 0 fully saturated rings. The molecule has 2 N–H and O–H groups in total. The van der Waals surface area contributed by atoms with Crippen LogP contribution in [0.5, 0.6) is 0 Å². The molecule has 0 aliphatic heterocycles. The predicted molar refractivity (Wildman–Crippen MR) is 54.7 cm³/mol. The van der Waals surface area contributed by atoms with Gasteiger partial charge in [-0.25, -0.2) is 4.72 Å². The third-order valence-electron chi connectivity index (χ3n) is 1.60. The van der Waals surface area contributed by atoms with Crippen molar-refractivity contribution in [2.45, 2.75) is 0 Å². The molecule has 0 spiro atoms. The van der Waals surface area contributed by atoms with E-state index in [2.05, 4.69) is 9.44 Å². The van der Waals surface area contributed by atoms with Crippen LogP contribution in [0.25, 0.3) is 0 Å². The van der Waals surface area contributed by atoms with Crippen molar-refractivity contribution >= 4 is 21.6 Å². The van der Waals surface area contributed by atoms with Crippen molar-refractivity contribution in [3.05, 3.63) is 34.4 Å². The van der Waals surface area contributed by atoms with Gasteiger partial charge in [-0.1, -0.05) is 0 Å². The molecule has 0 aliphatic carbocycles. The summed E-state index contributed by atoms with van der Waals surface area (Å²) in [5.74, 6) is 0. The average Bonchev–Trinajstić information content (AvgIpc) is 2.18. The summed E-state index contributed by atoms with van der Waals surface area (Å²) >= 11 is 0. The molecule has 0 atom stereocenters. The van der Waals surface area contributed by atoms with Crippen LogP contribution < -0.4 is 9.44 Å². The van der Waals surface area contributed by atoms with Crippen molar-refractivity contribution in [1.82, 2.24) is 4.72 Å². The van der Waals surface area contributed by atoms with Gasteiger partial charge < -0.3 is 0 Å². The van der Waals surface area contributed by atoms with E-state index in [4.69, 9.17) is 0 Å². The molecule has 0 radical (unpaired) electrons. The molecule has 0 unspecified atom stereocenters. The maximum atomic E-state index is 11.0. The summed E-state index contributed by atoms with van der Waals surface area (Å²) in [6.45, 7) is 0. The standard InChI is InChI=1S/C7H9N3O4S/c1-8-15(13,14)9-6-2-4-7(5-3-6)10(11)12/h2-5,8-9H,1H3. The van der Waals surface area contributed by atoms with Crippen LogP contribution in [-0.4, -0.2) is 20.4 Å². The Labute approximate surface area is 86.4 Å². The number of rotatable bonds is 4. The number of nitro benzene ring substituents is 1. The van der Waals surface area contributed by atoms with E-state index in [1.54, 1.807) is 0 Å². The maximum absolute atomic E-state index is 11.0. The second kappa shape index (κ2) is 4.24. The highest BCUT2D eigenvalue weighted by Crippen LogP contribution is 2.15. The van der Waals surface area contributed by atoms with E-state index >= 15 is 0 Å². The lowest BCUT2D eigenvalue weighted by molar-refractivity contribution is -0.384. The molecule has 82 valence electrons. The first-order valence-corrected chi connectivity index (χ1v) is 5.38. The molecule has 1 aromatic carbocycles. The summed E-state index contributed by atoms with van der Waals surface area (Å²) in [4.78, 5) is 9.75. The number of nitro groups is 1. The summed E-state index contributed by atoms with van der Waals surface area (Å²) in [5.41, 5.74) is 0.164. The lowest BCUT2D eigenvalue weighted by atomic mass is 10.3. The molecule has 0 heterocycles.